The lowest BCUT2D eigenvalue weighted by Gasteiger charge is -2.31. The molecular weight excluding hydrogens is 509 g/mol. The molecule has 0 aliphatic rings. The zero-order valence-electron chi connectivity index (χ0n) is 17.3. The number of alkyl halides is 7. The van der Waals surface area contributed by atoms with Gasteiger partial charge in [-0.3, -0.25) is 9.59 Å². The zero-order chi connectivity index (χ0) is 25.5. The van der Waals surface area contributed by atoms with Crippen molar-refractivity contribution in [2.75, 3.05) is 10.6 Å². The standard InChI is InChI=1S/C21H15F7N2O2S2/c1-10-6-13(19(22,20(23,24)25)21(26,27)28)7-11(2)16(10)30-17(31)12-8-15(34-9-12)29-18(32)14-4-3-5-33-14/h3-9H,1-2H3,(H,29,32)(H,30,31). The van der Waals surface area contributed by atoms with Crippen LogP contribution >= 0.6 is 22.7 Å². The molecule has 0 bridgehead atoms. The van der Waals surface area contributed by atoms with Gasteiger partial charge in [0.1, 0.15) is 0 Å². The summed E-state index contributed by atoms with van der Waals surface area (Å²) in [7, 11) is 0. The van der Waals surface area contributed by atoms with E-state index < -0.39 is 29.5 Å². The summed E-state index contributed by atoms with van der Waals surface area (Å²) in [5, 5.41) is 8.51. The first-order valence-corrected chi connectivity index (χ1v) is 11.1. The fourth-order valence-electron chi connectivity index (χ4n) is 3.14. The highest BCUT2D eigenvalue weighted by molar-refractivity contribution is 7.15. The van der Waals surface area contributed by atoms with Crippen molar-refractivity contribution in [2.45, 2.75) is 31.9 Å². The third-order valence-corrected chi connectivity index (χ3v) is 6.51. The minimum absolute atomic E-state index is 0.0594. The van der Waals surface area contributed by atoms with Crippen molar-refractivity contribution in [3.05, 3.63) is 68.2 Å². The van der Waals surface area contributed by atoms with Gasteiger partial charge in [-0.05, 0) is 42.5 Å². The third-order valence-electron chi connectivity index (χ3n) is 4.79. The topological polar surface area (TPSA) is 58.2 Å². The lowest BCUT2D eigenvalue weighted by molar-refractivity contribution is -0.348. The van der Waals surface area contributed by atoms with Gasteiger partial charge in [-0.1, -0.05) is 18.2 Å². The number of amides is 2. The highest BCUT2D eigenvalue weighted by Gasteiger charge is 2.73. The number of thiophene rings is 2. The fourth-order valence-corrected chi connectivity index (χ4v) is 4.53. The number of halogens is 7. The van der Waals surface area contributed by atoms with Crippen LogP contribution in [0.1, 0.15) is 36.7 Å². The lowest BCUT2D eigenvalue weighted by atomic mass is 9.90. The van der Waals surface area contributed by atoms with Gasteiger partial charge in [-0.2, -0.15) is 26.3 Å². The zero-order valence-corrected chi connectivity index (χ0v) is 19.0. The van der Waals surface area contributed by atoms with E-state index in [-0.39, 0.29) is 28.3 Å². The maximum absolute atomic E-state index is 14.4. The number of hydrogen-bond donors (Lipinski definition) is 2. The molecule has 1 aromatic carbocycles. The summed E-state index contributed by atoms with van der Waals surface area (Å²) in [5.74, 6) is -1.10. The predicted molar refractivity (Wildman–Crippen MR) is 115 cm³/mol. The molecule has 34 heavy (non-hydrogen) atoms. The Balaban J connectivity index is 1.84. The molecule has 0 saturated heterocycles. The van der Waals surface area contributed by atoms with Crippen LogP contribution in [0.3, 0.4) is 0 Å². The van der Waals surface area contributed by atoms with Crippen molar-refractivity contribution in [3.8, 4) is 0 Å². The van der Waals surface area contributed by atoms with E-state index in [0.717, 1.165) is 25.2 Å². The second kappa shape index (κ2) is 9.02. The highest BCUT2D eigenvalue weighted by atomic mass is 32.1. The van der Waals surface area contributed by atoms with Gasteiger partial charge in [-0.25, -0.2) is 4.39 Å². The van der Waals surface area contributed by atoms with Crippen molar-refractivity contribution < 1.29 is 40.3 Å². The normalized spacial score (nSPS) is 12.5. The van der Waals surface area contributed by atoms with Crippen LogP contribution in [0.25, 0.3) is 0 Å². The Labute approximate surface area is 196 Å². The van der Waals surface area contributed by atoms with E-state index in [1.807, 2.05) is 0 Å². The van der Waals surface area contributed by atoms with E-state index in [9.17, 15) is 40.3 Å². The van der Waals surface area contributed by atoms with Crippen LogP contribution in [0.5, 0.6) is 0 Å². The molecule has 0 spiro atoms. The molecule has 0 atom stereocenters. The number of aryl methyl sites for hydroxylation is 2. The van der Waals surface area contributed by atoms with Gasteiger partial charge >= 0.3 is 18.0 Å². The summed E-state index contributed by atoms with van der Waals surface area (Å²) >= 11 is 2.27. The first-order valence-electron chi connectivity index (χ1n) is 9.34. The van der Waals surface area contributed by atoms with Crippen LogP contribution in [0, 0.1) is 13.8 Å². The molecule has 0 aliphatic heterocycles. The van der Waals surface area contributed by atoms with Crippen LogP contribution in [0.15, 0.2) is 41.1 Å². The molecule has 13 heteroatoms. The first kappa shape index (κ1) is 25.7. The summed E-state index contributed by atoms with van der Waals surface area (Å²) in [4.78, 5) is 25.2. The quantitative estimate of drug-likeness (QED) is 0.346. The van der Waals surface area contributed by atoms with Gasteiger partial charge in [0.2, 0.25) is 0 Å². The van der Waals surface area contributed by atoms with E-state index in [0.29, 0.717) is 22.0 Å². The Morgan fingerprint density at radius 3 is 1.91 bits per heavy atom. The summed E-state index contributed by atoms with van der Waals surface area (Å²) in [6.07, 6.45) is -12.5. The number of carbonyl (C=O) groups excluding carboxylic acids is 2. The number of nitrogens with one attached hydrogen (secondary N) is 2. The fraction of sp³-hybridized carbons (Fsp3) is 0.238. The van der Waals surface area contributed by atoms with Gasteiger partial charge in [0.05, 0.1) is 15.4 Å². The van der Waals surface area contributed by atoms with Crippen molar-refractivity contribution in [1.82, 2.24) is 0 Å². The maximum Gasteiger partial charge on any atom is 0.435 e. The number of rotatable bonds is 5. The molecule has 0 fully saturated rings. The number of hydrogen-bond acceptors (Lipinski definition) is 4. The van der Waals surface area contributed by atoms with E-state index in [2.05, 4.69) is 10.6 Å². The molecular formula is C21H15F7N2O2S2. The van der Waals surface area contributed by atoms with E-state index in [1.54, 1.807) is 17.5 Å². The smallest absolute Gasteiger partial charge is 0.321 e. The van der Waals surface area contributed by atoms with Crippen LogP contribution < -0.4 is 10.6 Å². The highest BCUT2D eigenvalue weighted by Crippen LogP contribution is 2.53. The second-order valence-corrected chi connectivity index (χ2v) is 9.08. The van der Waals surface area contributed by atoms with Crippen LogP contribution in [0.4, 0.5) is 41.4 Å². The van der Waals surface area contributed by atoms with Crippen LogP contribution in [0.2, 0.25) is 0 Å². The summed E-state index contributed by atoms with van der Waals surface area (Å²) in [6.45, 7) is 2.30. The van der Waals surface area contributed by atoms with Gasteiger partial charge in [0, 0.05) is 16.6 Å². The van der Waals surface area contributed by atoms with Gasteiger partial charge in [0.15, 0.2) is 0 Å². The lowest BCUT2D eigenvalue weighted by Crippen LogP contribution is -2.50. The average molecular weight is 524 g/mol. The molecule has 2 heterocycles. The first-order chi connectivity index (χ1) is 15.6. The van der Waals surface area contributed by atoms with Gasteiger partial charge in [-0.15, -0.1) is 22.7 Å². The van der Waals surface area contributed by atoms with Gasteiger partial charge < -0.3 is 10.6 Å². The maximum atomic E-state index is 14.4. The van der Waals surface area contributed by atoms with Crippen LogP contribution in [-0.4, -0.2) is 24.2 Å². The second-order valence-electron chi connectivity index (χ2n) is 7.22. The minimum atomic E-state index is -6.24. The molecule has 3 aromatic rings. The Kier molecular flexibility index (Phi) is 6.82. The number of carbonyl (C=O) groups is 2. The average Bonchev–Trinajstić information content (AvgIpc) is 3.40. The molecule has 4 nitrogen and oxygen atoms in total. The third kappa shape index (κ3) is 4.80. The Bertz CT molecular complexity index is 1180. The molecule has 0 saturated carbocycles. The Morgan fingerprint density at radius 2 is 1.41 bits per heavy atom. The number of benzene rings is 1. The monoisotopic (exact) mass is 524 g/mol. The number of anilines is 2. The predicted octanol–water partition coefficient (Wildman–Crippen LogP) is 7.22. The van der Waals surface area contributed by atoms with Crippen molar-refractivity contribution in [2.24, 2.45) is 0 Å². The molecule has 0 aliphatic carbocycles. The molecule has 3 rings (SSSR count). The molecule has 2 amide bonds. The van der Waals surface area contributed by atoms with Crippen LogP contribution in [-0.2, 0) is 5.67 Å². The van der Waals surface area contributed by atoms with Gasteiger partial charge in [0.25, 0.3) is 11.8 Å². The van der Waals surface area contributed by atoms with E-state index in [1.165, 1.54) is 22.8 Å². The minimum Gasteiger partial charge on any atom is -0.321 e. The Hall–Kier alpha value is -2.93. The van der Waals surface area contributed by atoms with Crippen molar-refractivity contribution in [3.63, 3.8) is 0 Å². The van der Waals surface area contributed by atoms with E-state index in [4.69, 9.17) is 0 Å². The Morgan fingerprint density at radius 1 is 0.824 bits per heavy atom. The van der Waals surface area contributed by atoms with E-state index >= 15 is 0 Å². The molecule has 182 valence electrons. The van der Waals surface area contributed by atoms with Crippen molar-refractivity contribution in [1.29, 1.82) is 0 Å². The molecule has 0 unspecified atom stereocenters. The molecule has 2 N–H and O–H groups in total. The van der Waals surface area contributed by atoms with Crippen molar-refractivity contribution >= 4 is 45.2 Å². The largest absolute Gasteiger partial charge is 0.435 e. The summed E-state index contributed by atoms with van der Waals surface area (Å²) in [5.41, 5.74) is -7.55. The summed E-state index contributed by atoms with van der Waals surface area (Å²) in [6, 6.07) is 5.48. The molecule has 2 aromatic heterocycles. The summed E-state index contributed by atoms with van der Waals surface area (Å²) < 4.78 is 92.8. The SMILES string of the molecule is Cc1cc(C(F)(C(F)(F)F)C(F)(F)F)cc(C)c1NC(=O)c1csc(NC(=O)c2cccs2)c1. The molecule has 0 radical (unpaired) electrons.